The third-order valence-corrected chi connectivity index (χ3v) is 9.21. The minimum Gasteiger partial charge on any atom is -0.456 e. The van der Waals surface area contributed by atoms with Crippen molar-refractivity contribution in [1.29, 1.82) is 0 Å². The van der Waals surface area contributed by atoms with Crippen molar-refractivity contribution in [3.05, 3.63) is 152 Å². The van der Waals surface area contributed by atoms with Crippen LogP contribution in [0.25, 0.3) is 93.6 Å². The van der Waals surface area contributed by atoms with Gasteiger partial charge in [0.2, 0.25) is 0 Å². The Morgan fingerprint density at radius 2 is 0.800 bits per heavy atom. The first-order chi connectivity index (χ1) is 22.3. The lowest BCUT2D eigenvalue weighted by molar-refractivity contribution is 0.663. The van der Waals surface area contributed by atoms with Gasteiger partial charge < -0.3 is 13.4 Å². The maximum Gasteiger partial charge on any atom is 0.136 e. The predicted octanol–water partition coefficient (Wildman–Crippen LogP) is 11.9. The zero-order valence-electron chi connectivity index (χ0n) is 24.2. The van der Waals surface area contributed by atoms with Gasteiger partial charge >= 0.3 is 0 Å². The molecule has 3 nitrogen and oxygen atoms in total. The van der Waals surface area contributed by atoms with E-state index in [1.165, 1.54) is 38.5 Å². The number of hydrogen-bond acceptors (Lipinski definition) is 2. The van der Waals surface area contributed by atoms with Gasteiger partial charge in [-0.3, -0.25) is 0 Å². The summed E-state index contributed by atoms with van der Waals surface area (Å²) in [5, 5.41) is 6.83. The van der Waals surface area contributed by atoms with E-state index in [0.29, 0.717) is 0 Å². The third kappa shape index (κ3) is 3.58. The van der Waals surface area contributed by atoms with E-state index in [2.05, 4.69) is 138 Å². The topological polar surface area (TPSA) is 31.2 Å². The summed E-state index contributed by atoms with van der Waals surface area (Å²) in [5.41, 5.74) is 11.7. The number of furan rings is 2. The van der Waals surface area contributed by atoms with Gasteiger partial charge in [-0.15, -0.1) is 0 Å². The first-order valence-electron chi connectivity index (χ1n) is 15.3. The predicted molar refractivity (Wildman–Crippen MR) is 186 cm³/mol. The molecule has 0 aliphatic rings. The highest BCUT2D eigenvalue weighted by Gasteiger charge is 2.19. The SMILES string of the molecule is c1ccc(-c2ccc(-c3ccc4oc5ccc6oc7ccc(-n8c9ccccc9c9ccccc98)cc7c6c5c4c3)cc2)cc1. The molecular weight excluding hydrogens is 550 g/mol. The second-order valence-corrected chi connectivity index (χ2v) is 11.7. The molecule has 3 heterocycles. The van der Waals surface area contributed by atoms with Crippen molar-refractivity contribution in [3.8, 4) is 27.9 Å². The van der Waals surface area contributed by atoms with Crippen molar-refractivity contribution in [2.75, 3.05) is 0 Å². The molecule has 10 rings (SSSR count). The van der Waals surface area contributed by atoms with Crippen molar-refractivity contribution in [2.24, 2.45) is 0 Å². The van der Waals surface area contributed by atoms with Crippen LogP contribution in [0, 0.1) is 0 Å². The van der Waals surface area contributed by atoms with E-state index < -0.39 is 0 Å². The number of aromatic nitrogens is 1. The quantitative estimate of drug-likeness (QED) is 0.210. The molecule has 210 valence electrons. The molecule has 3 heteroatoms. The molecule has 0 amide bonds. The van der Waals surface area contributed by atoms with Crippen molar-refractivity contribution in [3.63, 3.8) is 0 Å². The molecule has 45 heavy (non-hydrogen) atoms. The molecule has 0 radical (unpaired) electrons. The third-order valence-electron chi connectivity index (χ3n) is 9.21. The van der Waals surface area contributed by atoms with E-state index in [9.17, 15) is 0 Å². The summed E-state index contributed by atoms with van der Waals surface area (Å²) in [7, 11) is 0. The lowest BCUT2D eigenvalue weighted by Crippen LogP contribution is -1.93. The molecule has 0 aliphatic carbocycles. The normalized spacial score (nSPS) is 12.0. The molecule has 0 aliphatic heterocycles. The molecule has 0 bridgehead atoms. The van der Waals surface area contributed by atoms with E-state index >= 15 is 0 Å². The van der Waals surface area contributed by atoms with Crippen LogP contribution < -0.4 is 0 Å². The summed E-state index contributed by atoms with van der Waals surface area (Å²) < 4.78 is 15.2. The minimum absolute atomic E-state index is 0.859. The van der Waals surface area contributed by atoms with Crippen LogP contribution >= 0.6 is 0 Å². The Hall–Kier alpha value is -6.06. The van der Waals surface area contributed by atoms with Gasteiger partial charge in [0.25, 0.3) is 0 Å². The molecule has 0 saturated carbocycles. The van der Waals surface area contributed by atoms with E-state index in [4.69, 9.17) is 8.83 Å². The summed E-state index contributed by atoms with van der Waals surface area (Å²) in [6, 6.07) is 53.6. The van der Waals surface area contributed by atoms with E-state index in [1.807, 2.05) is 18.2 Å². The second kappa shape index (κ2) is 9.22. The van der Waals surface area contributed by atoms with Gasteiger partial charge in [0, 0.05) is 38.0 Å². The average molecular weight is 576 g/mol. The van der Waals surface area contributed by atoms with Crippen LogP contribution in [0.1, 0.15) is 0 Å². The van der Waals surface area contributed by atoms with Crippen molar-refractivity contribution >= 4 is 65.7 Å². The minimum atomic E-state index is 0.859. The number of nitrogens with zero attached hydrogens (tertiary/aromatic N) is 1. The number of hydrogen-bond donors (Lipinski definition) is 0. The second-order valence-electron chi connectivity index (χ2n) is 11.7. The summed E-state index contributed by atoms with van der Waals surface area (Å²) in [5.74, 6) is 0. The van der Waals surface area contributed by atoms with Gasteiger partial charge in [-0.05, 0) is 76.9 Å². The number of benzene rings is 7. The Labute approximate surface area is 258 Å². The molecule has 7 aromatic carbocycles. The van der Waals surface area contributed by atoms with Crippen LogP contribution in [-0.2, 0) is 0 Å². The summed E-state index contributed by atoms with van der Waals surface area (Å²) in [6.07, 6.45) is 0. The fourth-order valence-corrected chi connectivity index (χ4v) is 7.13. The van der Waals surface area contributed by atoms with Crippen LogP contribution in [0.4, 0.5) is 0 Å². The molecule has 0 atom stereocenters. The molecular formula is C42H25NO2. The molecule has 0 N–H and O–H groups in total. The van der Waals surface area contributed by atoms with Gasteiger partial charge in [0.05, 0.1) is 11.0 Å². The van der Waals surface area contributed by atoms with Crippen LogP contribution in [0.5, 0.6) is 0 Å². The van der Waals surface area contributed by atoms with Crippen molar-refractivity contribution < 1.29 is 8.83 Å². The van der Waals surface area contributed by atoms with Gasteiger partial charge in [0.15, 0.2) is 0 Å². The Bertz CT molecular complexity index is 2690. The maximum absolute atomic E-state index is 6.45. The number of para-hydroxylation sites is 2. The zero-order valence-corrected chi connectivity index (χ0v) is 24.2. The van der Waals surface area contributed by atoms with E-state index in [1.54, 1.807) is 0 Å². The molecule has 0 spiro atoms. The Kier molecular flexibility index (Phi) is 5.00. The Morgan fingerprint density at radius 1 is 0.333 bits per heavy atom. The molecule has 0 saturated heterocycles. The Morgan fingerprint density at radius 3 is 1.44 bits per heavy atom. The molecule has 0 unspecified atom stereocenters. The fourth-order valence-electron chi connectivity index (χ4n) is 7.13. The standard InChI is InChI=1S/C42H25NO2/c1-2-8-26(9-3-1)27-14-16-28(17-15-27)29-18-20-37-33(24-29)41-39(44-37)22-23-40-42(41)34-25-30(19-21-38(34)45-40)43-35-12-6-4-10-31(35)32-11-5-7-13-36(32)43/h1-25H. The van der Waals surface area contributed by atoms with Crippen molar-refractivity contribution in [2.45, 2.75) is 0 Å². The van der Waals surface area contributed by atoms with Gasteiger partial charge in [0.1, 0.15) is 22.3 Å². The number of fused-ring (bicyclic) bond motifs is 10. The monoisotopic (exact) mass is 575 g/mol. The maximum atomic E-state index is 6.45. The first kappa shape index (κ1) is 24.4. The summed E-state index contributed by atoms with van der Waals surface area (Å²) >= 11 is 0. The highest BCUT2D eigenvalue weighted by molar-refractivity contribution is 6.26. The zero-order chi connectivity index (χ0) is 29.5. The van der Waals surface area contributed by atoms with E-state index in [-0.39, 0.29) is 0 Å². The lowest BCUT2D eigenvalue weighted by atomic mass is 9.98. The smallest absolute Gasteiger partial charge is 0.136 e. The van der Waals surface area contributed by atoms with Gasteiger partial charge in [-0.2, -0.15) is 0 Å². The van der Waals surface area contributed by atoms with Gasteiger partial charge in [-0.25, -0.2) is 0 Å². The van der Waals surface area contributed by atoms with Crippen molar-refractivity contribution in [1.82, 2.24) is 4.57 Å². The van der Waals surface area contributed by atoms with E-state index in [0.717, 1.165) is 55.1 Å². The Balaban J connectivity index is 1.19. The fraction of sp³-hybridized carbons (Fsp3) is 0. The highest BCUT2D eigenvalue weighted by Crippen LogP contribution is 2.42. The average Bonchev–Trinajstić information content (AvgIpc) is 3.77. The summed E-state index contributed by atoms with van der Waals surface area (Å²) in [6.45, 7) is 0. The highest BCUT2D eigenvalue weighted by atomic mass is 16.3. The molecule has 3 aromatic heterocycles. The summed E-state index contributed by atoms with van der Waals surface area (Å²) in [4.78, 5) is 0. The molecule has 0 fully saturated rings. The van der Waals surface area contributed by atoms with Crippen LogP contribution in [-0.4, -0.2) is 4.57 Å². The van der Waals surface area contributed by atoms with Crippen LogP contribution in [0.3, 0.4) is 0 Å². The number of rotatable bonds is 3. The van der Waals surface area contributed by atoms with Gasteiger partial charge in [-0.1, -0.05) is 97.1 Å². The largest absolute Gasteiger partial charge is 0.456 e. The molecule has 10 aromatic rings. The first-order valence-corrected chi connectivity index (χ1v) is 15.3. The van der Waals surface area contributed by atoms with Crippen LogP contribution in [0.15, 0.2) is 160 Å². The van der Waals surface area contributed by atoms with Crippen LogP contribution in [0.2, 0.25) is 0 Å². The lowest BCUT2D eigenvalue weighted by Gasteiger charge is -2.08.